The van der Waals surface area contributed by atoms with E-state index in [2.05, 4.69) is 5.32 Å². The largest absolute Gasteiger partial charge is 0.477 e. The van der Waals surface area contributed by atoms with Gasteiger partial charge in [0, 0.05) is 25.8 Å². The maximum atomic E-state index is 12.5. The molecule has 0 atom stereocenters. The number of nitrogens with one attached hydrogen (secondary N) is 1. The zero-order valence-electron chi connectivity index (χ0n) is 11.6. The molecular weight excluding hydrogens is 298 g/mol. The number of carboxylic acid groups (broad SMARTS) is 1. The zero-order chi connectivity index (χ0) is 15.6. The van der Waals surface area contributed by atoms with Crippen molar-refractivity contribution in [2.45, 2.75) is 24.8 Å². The minimum atomic E-state index is -3.86. The number of piperazine rings is 1. The Balaban J connectivity index is 2.38. The monoisotopic (exact) mass is 315 g/mol. The van der Waals surface area contributed by atoms with Crippen LogP contribution in [0.3, 0.4) is 0 Å². The summed E-state index contributed by atoms with van der Waals surface area (Å²) in [6.07, 6.45) is 2.00. The molecule has 1 aliphatic rings. The van der Waals surface area contributed by atoms with Crippen LogP contribution in [0.1, 0.15) is 23.8 Å². The molecule has 0 radical (unpaired) electrons. The van der Waals surface area contributed by atoms with E-state index in [4.69, 9.17) is 5.11 Å². The van der Waals surface area contributed by atoms with Gasteiger partial charge >= 0.3 is 5.97 Å². The molecule has 0 aliphatic carbocycles. The minimum absolute atomic E-state index is 0.0723. The molecular formula is C12H17N3O5S. The summed E-state index contributed by atoms with van der Waals surface area (Å²) in [6.45, 7) is 2.46. The van der Waals surface area contributed by atoms with Crippen molar-refractivity contribution < 1.29 is 23.1 Å². The number of amides is 1. The molecule has 0 bridgehead atoms. The van der Waals surface area contributed by atoms with Crippen molar-refractivity contribution in [1.29, 1.82) is 0 Å². The number of carbonyl (C=O) groups excluding carboxylic acids is 1. The van der Waals surface area contributed by atoms with E-state index >= 15 is 0 Å². The van der Waals surface area contributed by atoms with Gasteiger partial charge in [0.15, 0.2) is 0 Å². The van der Waals surface area contributed by atoms with Crippen LogP contribution >= 0.6 is 0 Å². The highest BCUT2D eigenvalue weighted by molar-refractivity contribution is 7.89. The van der Waals surface area contributed by atoms with E-state index in [1.165, 1.54) is 10.8 Å². The number of nitrogens with zero attached hydrogens (tertiary/aromatic N) is 2. The summed E-state index contributed by atoms with van der Waals surface area (Å²) in [5, 5.41) is 11.7. The van der Waals surface area contributed by atoms with E-state index < -0.39 is 16.0 Å². The third kappa shape index (κ3) is 3.08. The smallest absolute Gasteiger partial charge is 0.352 e. The Labute approximate surface area is 122 Å². The minimum Gasteiger partial charge on any atom is -0.477 e. The van der Waals surface area contributed by atoms with Crippen LogP contribution in [0.2, 0.25) is 0 Å². The number of carboxylic acids is 1. The number of hydrogen-bond donors (Lipinski definition) is 2. The SMILES string of the molecule is CCCn1cc(S(=O)(=O)N2CCNC(=O)C2)cc1C(=O)O. The molecule has 1 aromatic rings. The van der Waals surface area contributed by atoms with Crippen LogP contribution in [0, 0.1) is 0 Å². The van der Waals surface area contributed by atoms with E-state index in [-0.39, 0.29) is 36.1 Å². The molecule has 2 N–H and O–H groups in total. The lowest BCUT2D eigenvalue weighted by Crippen LogP contribution is -2.49. The van der Waals surface area contributed by atoms with Gasteiger partial charge in [0.25, 0.3) is 0 Å². The fourth-order valence-corrected chi connectivity index (χ4v) is 3.64. The summed E-state index contributed by atoms with van der Waals surface area (Å²) in [7, 11) is -3.86. The van der Waals surface area contributed by atoms with E-state index in [9.17, 15) is 18.0 Å². The summed E-state index contributed by atoms with van der Waals surface area (Å²) in [4.78, 5) is 22.4. The summed E-state index contributed by atoms with van der Waals surface area (Å²) in [6, 6.07) is 1.14. The lowest BCUT2D eigenvalue weighted by molar-refractivity contribution is -0.122. The van der Waals surface area contributed by atoms with Gasteiger partial charge in [-0.1, -0.05) is 6.92 Å². The van der Waals surface area contributed by atoms with Crippen molar-refractivity contribution in [3.8, 4) is 0 Å². The summed E-state index contributed by atoms with van der Waals surface area (Å²) in [5.74, 6) is -1.54. The van der Waals surface area contributed by atoms with Crippen molar-refractivity contribution in [2.75, 3.05) is 19.6 Å². The molecule has 9 heteroatoms. The average molecular weight is 315 g/mol. The predicted octanol–water partition coefficient (Wildman–Crippen LogP) is -0.283. The van der Waals surface area contributed by atoms with Crippen molar-refractivity contribution in [1.82, 2.24) is 14.2 Å². The Hall–Kier alpha value is -1.87. The molecule has 0 aromatic carbocycles. The number of rotatable bonds is 5. The Bertz CT molecular complexity index is 664. The van der Waals surface area contributed by atoms with Crippen molar-refractivity contribution in [3.63, 3.8) is 0 Å². The van der Waals surface area contributed by atoms with Crippen LogP contribution < -0.4 is 5.32 Å². The van der Waals surface area contributed by atoms with E-state index in [0.29, 0.717) is 13.0 Å². The highest BCUT2D eigenvalue weighted by atomic mass is 32.2. The van der Waals surface area contributed by atoms with Crippen molar-refractivity contribution in [3.05, 3.63) is 18.0 Å². The molecule has 116 valence electrons. The number of aromatic carboxylic acids is 1. The third-order valence-electron chi connectivity index (χ3n) is 3.20. The van der Waals surface area contributed by atoms with Gasteiger partial charge in [-0.05, 0) is 12.5 Å². The maximum Gasteiger partial charge on any atom is 0.352 e. The summed E-state index contributed by atoms with van der Waals surface area (Å²) in [5.41, 5.74) is -0.0723. The van der Waals surface area contributed by atoms with Gasteiger partial charge in [0.1, 0.15) is 10.6 Å². The summed E-state index contributed by atoms with van der Waals surface area (Å²) >= 11 is 0. The quantitative estimate of drug-likeness (QED) is 0.776. The normalized spacial score (nSPS) is 16.7. The van der Waals surface area contributed by atoms with Crippen molar-refractivity contribution >= 4 is 21.9 Å². The van der Waals surface area contributed by atoms with E-state index in [0.717, 1.165) is 10.4 Å². The van der Waals surface area contributed by atoms with Crippen LogP contribution in [-0.2, 0) is 21.4 Å². The topological polar surface area (TPSA) is 109 Å². The fraction of sp³-hybridized carbons (Fsp3) is 0.500. The fourth-order valence-electron chi connectivity index (χ4n) is 2.20. The molecule has 1 amide bonds. The number of aromatic nitrogens is 1. The van der Waals surface area contributed by atoms with Gasteiger partial charge in [-0.15, -0.1) is 0 Å². The van der Waals surface area contributed by atoms with Crippen LogP contribution in [0.25, 0.3) is 0 Å². The highest BCUT2D eigenvalue weighted by Gasteiger charge is 2.31. The molecule has 21 heavy (non-hydrogen) atoms. The summed E-state index contributed by atoms with van der Waals surface area (Å²) < 4.78 is 27.4. The van der Waals surface area contributed by atoms with Gasteiger partial charge in [-0.2, -0.15) is 4.31 Å². The molecule has 0 unspecified atom stereocenters. The average Bonchev–Trinajstić information content (AvgIpc) is 2.84. The molecule has 1 aromatic heterocycles. The third-order valence-corrected chi connectivity index (χ3v) is 5.01. The van der Waals surface area contributed by atoms with Gasteiger partial charge in [0.2, 0.25) is 15.9 Å². The Morgan fingerprint density at radius 3 is 2.76 bits per heavy atom. The zero-order valence-corrected chi connectivity index (χ0v) is 12.4. The molecule has 0 spiro atoms. The Kier molecular flexibility index (Phi) is 4.33. The maximum absolute atomic E-state index is 12.5. The number of sulfonamides is 1. The molecule has 2 heterocycles. The lowest BCUT2D eigenvalue weighted by Gasteiger charge is -2.25. The molecule has 2 rings (SSSR count). The second kappa shape index (κ2) is 5.86. The number of aryl methyl sites for hydroxylation is 1. The van der Waals surface area contributed by atoms with E-state index in [1.54, 1.807) is 0 Å². The Morgan fingerprint density at radius 1 is 1.48 bits per heavy atom. The van der Waals surface area contributed by atoms with Gasteiger partial charge in [-0.25, -0.2) is 13.2 Å². The number of hydrogen-bond acceptors (Lipinski definition) is 4. The van der Waals surface area contributed by atoms with Gasteiger partial charge in [0.05, 0.1) is 6.54 Å². The molecule has 0 saturated carbocycles. The standard InChI is InChI=1S/C12H17N3O5S/c1-2-4-14-7-9(6-10(14)12(17)18)21(19,20)15-5-3-13-11(16)8-15/h6-7H,2-5,8H2,1H3,(H,13,16)(H,17,18). The van der Waals surface area contributed by atoms with Crippen LogP contribution in [0.15, 0.2) is 17.2 Å². The first kappa shape index (κ1) is 15.5. The van der Waals surface area contributed by atoms with Crippen LogP contribution in [0.4, 0.5) is 0 Å². The molecule has 1 saturated heterocycles. The van der Waals surface area contributed by atoms with Gasteiger partial charge < -0.3 is 15.0 Å². The molecule has 8 nitrogen and oxygen atoms in total. The second-order valence-electron chi connectivity index (χ2n) is 4.75. The Morgan fingerprint density at radius 2 is 2.19 bits per heavy atom. The first-order valence-corrected chi connectivity index (χ1v) is 8.00. The molecule has 1 fully saturated rings. The highest BCUT2D eigenvalue weighted by Crippen LogP contribution is 2.20. The second-order valence-corrected chi connectivity index (χ2v) is 6.69. The molecule has 1 aliphatic heterocycles. The lowest BCUT2D eigenvalue weighted by atomic mass is 10.4. The first-order valence-electron chi connectivity index (χ1n) is 6.56. The number of carbonyl (C=O) groups is 2. The van der Waals surface area contributed by atoms with Crippen LogP contribution in [0.5, 0.6) is 0 Å². The van der Waals surface area contributed by atoms with E-state index in [1.807, 2.05) is 6.92 Å². The predicted molar refractivity (Wildman–Crippen MR) is 73.5 cm³/mol. The van der Waals surface area contributed by atoms with Crippen LogP contribution in [-0.4, -0.2) is 53.9 Å². The van der Waals surface area contributed by atoms with Crippen molar-refractivity contribution in [2.24, 2.45) is 0 Å². The van der Waals surface area contributed by atoms with Gasteiger partial charge in [-0.3, -0.25) is 4.79 Å². The first-order chi connectivity index (χ1) is 9.86.